The lowest BCUT2D eigenvalue weighted by Crippen LogP contribution is -2.13. The van der Waals surface area contributed by atoms with Gasteiger partial charge in [-0.3, -0.25) is 4.79 Å². The van der Waals surface area contributed by atoms with Gasteiger partial charge in [-0.05, 0) is 23.7 Å². The molecular weight excluding hydrogens is 304 g/mol. The molecular formula is C13H10ClF2N3O2. The highest BCUT2D eigenvalue weighted by Crippen LogP contribution is 2.22. The quantitative estimate of drug-likeness (QED) is 0.679. The second kappa shape index (κ2) is 6.45. The molecule has 0 fully saturated rings. The maximum Gasteiger partial charge on any atom is 0.224 e. The second-order valence-electron chi connectivity index (χ2n) is 3.97. The Morgan fingerprint density at radius 1 is 1.33 bits per heavy atom. The summed E-state index contributed by atoms with van der Waals surface area (Å²) in [6, 6.07) is 2.56. The fraction of sp³-hybridized carbons (Fsp3) is 0.154. The number of hydrogen-bond donors (Lipinski definition) is 1. The van der Waals surface area contributed by atoms with Gasteiger partial charge in [0.2, 0.25) is 5.28 Å². The molecule has 1 aromatic carbocycles. The van der Waals surface area contributed by atoms with Gasteiger partial charge in [0, 0.05) is 18.7 Å². The third-order valence-corrected chi connectivity index (χ3v) is 2.69. The Bertz CT molecular complexity index is 662. The van der Waals surface area contributed by atoms with E-state index in [1.54, 1.807) is 7.05 Å². The molecule has 110 valence electrons. The molecule has 0 saturated carbocycles. The molecule has 0 saturated heterocycles. The second-order valence-corrected chi connectivity index (χ2v) is 4.31. The lowest BCUT2D eigenvalue weighted by molar-refractivity contribution is 0.0920. The van der Waals surface area contributed by atoms with Crippen molar-refractivity contribution < 1.29 is 18.3 Å². The van der Waals surface area contributed by atoms with Gasteiger partial charge in [0.15, 0.2) is 24.0 Å². The smallest absolute Gasteiger partial charge is 0.224 e. The minimum absolute atomic E-state index is 0.0187. The van der Waals surface area contributed by atoms with Crippen LogP contribution >= 0.6 is 11.6 Å². The van der Waals surface area contributed by atoms with Crippen LogP contribution in [-0.2, 0) is 0 Å². The number of anilines is 1. The first-order valence-corrected chi connectivity index (χ1v) is 6.20. The standard InChI is InChI=1S/C13H10ClF2N3O2/c1-17-12-11(5-18-13(14)19-12)21-6-10(20)7-2-8(15)4-9(16)3-7/h2-5H,6H2,1H3,(H,17,18,19). The van der Waals surface area contributed by atoms with Crippen LogP contribution in [-0.4, -0.2) is 29.4 Å². The summed E-state index contributed by atoms with van der Waals surface area (Å²) in [5, 5.41) is 2.75. The number of hydrogen-bond acceptors (Lipinski definition) is 5. The molecule has 0 aliphatic heterocycles. The van der Waals surface area contributed by atoms with Crippen LogP contribution in [0.3, 0.4) is 0 Å². The van der Waals surface area contributed by atoms with E-state index in [-0.39, 0.29) is 16.6 Å². The molecule has 5 nitrogen and oxygen atoms in total. The number of ether oxygens (including phenoxy) is 1. The largest absolute Gasteiger partial charge is 0.480 e. The number of halogens is 3. The van der Waals surface area contributed by atoms with Crippen LogP contribution in [0, 0.1) is 11.6 Å². The van der Waals surface area contributed by atoms with Crippen molar-refractivity contribution in [3.8, 4) is 5.75 Å². The third kappa shape index (κ3) is 3.85. The molecule has 2 rings (SSSR count). The molecule has 8 heteroatoms. The van der Waals surface area contributed by atoms with Gasteiger partial charge in [-0.15, -0.1) is 0 Å². The summed E-state index contributed by atoms with van der Waals surface area (Å²) in [4.78, 5) is 19.4. The van der Waals surface area contributed by atoms with Crippen molar-refractivity contribution in [3.05, 3.63) is 46.9 Å². The molecule has 0 unspecified atom stereocenters. The van der Waals surface area contributed by atoms with E-state index in [1.165, 1.54) is 6.20 Å². The third-order valence-electron chi connectivity index (χ3n) is 2.51. The first kappa shape index (κ1) is 15.1. The van der Waals surface area contributed by atoms with Gasteiger partial charge in [-0.25, -0.2) is 13.8 Å². The molecule has 0 aliphatic rings. The molecule has 0 amide bonds. The van der Waals surface area contributed by atoms with Gasteiger partial charge in [-0.2, -0.15) is 4.98 Å². The Kier molecular flexibility index (Phi) is 4.64. The monoisotopic (exact) mass is 313 g/mol. The van der Waals surface area contributed by atoms with Crippen LogP contribution in [0.25, 0.3) is 0 Å². The summed E-state index contributed by atoms with van der Waals surface area (Å²) < 4.78 is 31.3. The van der Waals surface area contributed by atoms with Crippen molar-refractivity contribution in [2.75, 3.05) is 19.0 Å². The zero-order valence-corrected chi connectivity index (χ0v) is 11.6. The number of aromatic nitrogens is 2. The van der Waals surface area contributed by atoms with E-state index in [2.05, 4.69) is 15.3 Å². The summed E-state index contributed by atoms with van der Waals surface area (Å²) in [6.45, 7) is -0.414. The van der Waals surface area contributed by atoms with E-state index in [0.717, 1.165) is 12.1 Å². The maximum atomic E-state index is 13.0. The van der Waals surface area contributed by atoms with Gasteiger partial charge in [-0.1, -0.05) is 0 Å². The van der Waals surface area contributed by atoms with Crippen molar-refractivity contribution in [3.63, 3.8) is 0 Å². The van der Waals surface area contributed by atoms with E-state index in [9.17, 15) is 13.6 Å². The summed E-state index contributed by atoms with van der Waals surface area (Å²) in [5.74, 6) is -1.74. The van der Waals surface area contributed by atoms with E-state index >= 15 is 0 Å². The lowest BCUT2D eigenvalue weighted by atomic mass is 10.1. The SMILES string of the molecule is CNc1nc(Cl)ncc1OCC(=O)c1cc(F)cc(F)c1. The van der Waals surface area contributed by atoms with Gasteiger partial charge in [0.1, 0.15) is 11.6 Å². The molecule has 0 bridgehead atoms. The zero-order valence-electron chi connectivity index (χ0n) is 10.9. The van der Waals surface area contributed by atoms with Crippen molar-refractivity contribution in [1.29, 1.82) is 0 Å². The van der Waals surface area contributed by atoms with Gasteiger partial charge in [0.05, 0.1) is 6.20 Å². The minimum Gasteiger partial charge on any atom is -0.480 e. The number of carbonyl (C=O) groups is 1. The highest BCUT2D eigenvalue weighted by Gasteiger charge is 2.12. The van der Waals surface area contributed by atoms with Crippen molar-refractivity contribution in [2.45, 2.75) is 0 Å². The summed E-state index contributed by atoms with van der Waals surface area (Å²) in [7, 11) is 1.59. The minimum atomic E-state index is -0.830. The summed E-state index contributed by atoms with van der Waals surface area (Å²) in [6.07, 6.45) is 1.29. The van der Waals surface area contributed by atoms with Crippen molar-refractivity contribution in [1.82, 2.24) is 9.97 Å². The van der Waals surface area contributed by atoms with Crippen LogP contribution in [0.5, 0.6) is 5.75 Å². The molecule has 0 aliphatic carbocycles. The normalized spacial score (nSPS) is 10.3. The Labute approximate surface area is 123 Å². The zero-order chi connectivity index (χ0) is 15.4. The molecule has 0 atom stereocenters. The average Bonchev–Trinajstić information content (AvgIpc) is 2.44. The molecule has 0 radical (unpaired) electrons. The number of nitrogens with one attached hydrogen (secondary N) is 1. The van der Waals surface area contributed by atoms with E-state index < -0.39 is 24.0 Å². The predicted molar refractivity (Wildman–Crippen MR) is 72.8 cm³/mol. The first-order valence-electron chi connectivity index (χ1n) is 5.82. The highest BCUT2D eigenvalue weighted by atomic mass is 35.5. The Balaban J connectivity index is 2.11. The van der Waals surface area contributed by atoms with Gasteiger partial charge in [0.25, 0.3) is 0 Å². The number of rotatable bonds is 5. The number of carbonyl (C=O) groups excluding carboxylic acids is 1. The summed E-state index contributed by atoms with van der Waals surface area (Å²) >= 11 is 5.62. The van der Waals surface area contributed by atoms with Crippen molar-refractivity contribution >= 4 is 23.2 Å². The van der Waals surface area contributed by atoms with Crippen LogP contribution < -0.4 is 10.1 Å². The lowest BCUT2D eigenvalue weighted by Gasteiger charge is -2.09. The predicted octanol–water partition coefficient (Wildman–Crippen LogP) is 2.71. The van der Waals surface area contributed by atoms with E-state index in [1.807, 2.05) is 0 Å². The van der Waals surface area contributed by atoms with Crippen LogP contribution in [0.15, 0.2) is 24.4 Å². The Hall–Kier alpha value is -2.28. The highest BCUT2D eigenvalue weighted by molar-refractivity contribution is 6.28. The number of Topliss-reactive ketones (excluding diaryl/α,β-unsaturated/α-hetero) is 1. The number of ketones is 1. The van der Waals surface area contributed by atoms with Gasteiger partial charge >= 0.3 is 0 Å². The fourth-order valence-electron chi connectivity index (χ4n) is 1.58. The number of benzene rings is 1. The Morgan fingerprint density at radius 2 is 2.00 bits per heavy atom. The topological polar surface area (TPSA) is 64.1 Å². The maximum absolute atomic E-state index is 13.0. The van der Waals surface area contributed by atoms with Crippen LogP contribution in [0.4, 0.5) is 14.6 Å². The molecule has 0 spiro atoms. The van der Waals surface area contributed by atoms with E-state index in [4.69, 9.17) is 16.3 Å². The molecule has 2 aromatic rings. The van der Waals surface area contributed by atoms with E-state index in [0.29, 0.717) is 11.9 Å². The van der Waals surface area contributed by atoms with Crippen molar-refractivity contribution in [2.24, 2.45) is 0 Å². The fourth-order valence-corrected chi connectivity index (χ4v) is 1.71. The van der Waals surface area contributed by atoms with Crippen LogP contribution in [0.1, 0.15) is 10.4 Å². The molecule has 1 heterocycles. The molecule has 1 aromatic heterocycles. The number of nitrogens with zero attached hydrogens (tertiary/aromatic N) is 2. The first-order chi connectivity index (χ1) is 9.99. The Morgan fingerprint density at radius 3 is 2.62 bits per heavy atom. The summed E-state index contributed by atoms with van der Waals surface area (Å²) in [5.41, 5.74) is -0.117. The average molecular weight is 314 g/mol. The molecule has 21 heavy (non-hydrogen) atoms. The van der Waals surface area contributed by atoms with Crippen LogP contribution in [0.2, 0.25) is 5.28 Å². The van der Waals surface area contributed by atoms with Gasteiger partial charge < -0.3 is 10.1 Å². The molecule has 1 N–H and O–H groups in total.